The number of hydrogen-bond acceptors (Lipinski definition) is 3. The summed E-state index contributed by atoms with van der Waals surface area (Å²) in [7, 11) is 1.43. The molecule has 1 atom stereocenters. The van der Waals surface area contributed by atoms with Gasteiger partial charge in [-0.1, -0.05) is 0 Å². The molecule has 3 nitrogen and oxygen atoms in total. The number of nitrogens with one attached hydrogen (secondary N) is 1. The van der Waals surface area contributed by atoms with Gasteiger partial charge in [0, 0.05) is 12.5 Å². The highest BCUT2D eigenvalue weighted by atomic mass is 16.5. The quantitative estimate of drug-likeness (QED) is 0.577. The van der Waals surface area contributed by atoms with Gasteiger partial charge in [-0.3, -0.25) is 4.79 Å². The van der Waals surface area contributed by atoms with E-state index in [1.54, 1.807) is 0 Å². The predicted molar refractivity (Wildman–Crippen MR) is 37.7 cm³/mol. The van der Waals surface area contributed by atoms with Crippen LogP contribution in [0.15, 0.2) is 0 Å². The molecule has 1 N–H and O–H groups in total. The second-order valence-electron chi connectivity index (χ2n) is 2.55. The van der Waals surface area contributed by atoms with E-state index in [2.05, 4.69) is 10.1 Å². The molecule has 1 aliphatic heterocycles. The Kier molecular flexibility index (Phi) is 2.68. The number of hydrogen-bond donors (Lipinski definition) is 1. The van der Waals surface area contributed by atoms with Crippen molar-refractivity contribution in [2.45, 2.75) is 25.3 Å². The first kappa shape index (κ1) is 7.54. The van der Waals surface area contributed by atoms with E-state index < -0.39 is 0 Å². The maximum Gasteiger partial charge on any atom is 0.305 e. The normalized spacial score (nSPS) is 23.5. The minimum absolute atomic E-state index is 0.103. The third-order valence-corrected chi connectivity index (χ3v) is 1.85. The molecule has 1 unspecified atom stereocenters. The summed E-state index contributed by atoms with van der Waals surface area (Å²) < 4.78 is 4.50. The van der Waals surface area contributed by atoms with Crippen LogP contribution in [0.4, 0.5) is 0 Å². The van der Waals surface area contributed by atoms with Crippen LogP contribution in [0.1, 0.15) is 19.3 Å². The molecule has 0 amide bonds. The average molecular weight is 143 g/mol. The Hall–Kier alpha value is -0.570. The van der Waals surface area contributed by atoms with Crippen LogP contribution in [-0.2, 0) is 9.53 Å². The molecule has 1 rings (SSSR count). The van der Waals surface area contributed by atoms with Gasteiger partial charge in [-0.15, -0.1) is 0 Å². The van der Waals surface area contributed by atoms with Crippen molar-refractivity contribution in [3.8, 4) is 0 Å². The molecule has 0 aromatic rings. The van der Waals surface area contributed by atoms with Crippen LogP contribution in [-0.4, -0.2) is 25.7 Å². The highest BCUT2D eigenvalue weighted by Crippen LogP contribution is 2.08. The molecule has 3 heteroatoms. The molecule has 0 aromatic carbocycles. The standard InChI is InChI=1S/C7H13NO2/c1-10-7(9)3-2-6-4-5-8-6/h6,8H,2-5H2,1H3. The fourth-order valence-corrected chi connectivity index (χ4v) is 0.989. The summed E-state index contributed by atoms with van der Waals surface area (Å²) in [6, 6.07) is 0.569. The Morgan fingerprint density at radius 1 is 1.80 bits per heavy atom. The third-order valence-electron chi connectivity index (χ3n) is 1.85. The van der Waals surface area contributed by atoms with E-state index in [0.29, 0.717) is 12.5 Å². The SMILES string of the molecule is COC(=O)CCC1CCN1. The Morgan fingerprint density at radius 2 is 2.50 bits per heavy atom. The van der Waals surface area contributed by atoms with Crippen LogP contribution in [0.3, 0.4) is 0 Å². The Bertz CT molecular complexity index is 121. The molecule has 0 bridgehead atoms. The van der Waals surface area contributed by atoms with Crippen LogP contribution in [0.2, 0.25) is 0 Å². The van der Waals surface area contributed by atoms with Crippen molar-refractivity contribution < 1.29 is 9.53 Å². The Balaban J connectivity index is 1.98. The van der Waals surface area contributed by atoms with E-state index in [1.165, 1.54) is 13.5 Å². The lowest BCUT2D eigenvalue weighted by atomic mass is 10.0. The zero-order chi connectivity index (χ0) is 7.40. The summed E-state index contributed by atoms with van der Waals surface area (Å²) in [4.78, 5) is 10.6. The summed E-state index contributed by atoms with van der Waals surface area (Å²) in [6.45, 7) is 1.10. The van der Waals surface area contributed by atoms with Crippen molar-refractivity contribution in [3.63, 3.8) is 0 Å². The molecule has 1 aliphatic rings. The molecule has 58 valence electrons. The van der Waals surface area contributed by atoms with Crippen molar-refractivity contribution in [2.24, 2.45) is 0 Å². The van der Waals surface area contributed by atoms with Gasteiger partial charge in [-0.2, -0.15) is 0 Å². The van der Waals surface area contributed by atoms with Crippen LogP contribution in [0.5, 0.6) is 0 Å². The number of methoxy groups -OCH3 is 1. The zero-order valence-electron chi connectivity index (χ0n) is 6.22. The Labute approximate surface area is 60.7 Å². The lowest BCUT2D eigenvalue weighted by Gasteiger charge is -2.26. The molecule has 0 aliphatic carbocycles. The summed E-state index contributed by atoms with van der Waals surface area (Å²) >= 11 is 0. The fourth-order valence-electron chi connectivity index (χ4n) is 0.989. The molecule has 0 aromatic heterocycles. The molecule has 0 saturated carbocycles. The van der Waals surface area contributed by atoms with Gasteiger partial charge in [0.25, 0.3) is 0 Å². The first-order valence-corrected chi connectivity index (χ1v) is 3.63. The average Bonchev–Trinajstić information content (AvgIpc) is 1.84. The first-order chi connectivity index (χ1) is 4.83. The fraction of sp³-hybridized carbons (Fsp3) is 0.857. The van der Waals surface area contributed by atoms with E-state index >= 15 is 0 Å². The highest BCUT2D eigenvalue weighted by Gasteiger charge is 2.16. The number of rotatable bonds is 3. The van der Waals surface area contributed by atoms with Gasteiger partial charge < -0.3 is 10.1 Å². The monoisotopic (exact) mass is 143 g/mol. The molecule has 1 heterocycles. The van der Waals surface area contributed by atoms with E-state index in [0.717, 1.165) is 13.0 Å². The third kappa shape index (κ3) is 1.99. The highest BCUT2D eigenvalue weighted by molar-refractivity contribution is 5.69. The van der Waals surface area contributed by atoms with Gasteiger partial charge >= 0.3 is 5.97 Å². The molecule has 0 radical (unpaired) electrons. The summed E-state index contributed by atoms with van der Waals surface area (Å²) in [5.41, 5.74) is 0. The van der Waals surface area contributed by atoms with Crippen molar-refractivity contribution in [2.75, 3.05) is 13.7 Å². The summed E-state index contributed by atoms with van der Waals surface area (Å²) in [6.07, 6.45) is 2.68. The zero-order valence-corrected chi connectivity index (χ0v) is 6.22. The van der Waals surface area contributed by atoms with Gasteiger partial charge in [0.15, 0.2) is 0 Å². The molecular weight excluding hydrogens is 130 g/mol. The smallest absolute Gasteiger partial charge is 0.305 e. The van der Waals surface area contributed by atoms with Gasteiger partial charge in [0.05, 0.1) is 7.11 Å². The number of carbonyl (C=O) groups is 1. The summed E-state index contributed by atoms with van der Waals surface area (Å²) in [5, 5.41) is 3.22. The number of ether oxygens (including phenoxy) is 1. The maximum absolute atomic E-state index is 10.6. The number of carbonyl (C=O) groups excluding carboxylic acids is 1. The Morgan fingerprint density at radius 3 is 2.90 bits per heavy atom. The van der Waals surface area contributed by atoms with E-state index in [9.17, 15) is 4.79 Å². The topological polar surface area (TPSA) is 38.3 Å². The van der Waals surface area contributed by atoms with Crippen LogP contribution in [0, 0.1) is 0 Å². The van der Waals surface area contributed by atoms with Crippen LogP contribution in [0.25, 0.3) is 0 Å². The largest absolute Gasteiger partial charge is 0.469 e. The second-order valence-corrected chi connectivity index (χ2v) is 2.55. The first-order valence-electron chi connectivity index (χ1n) is 3.63. The lowest BCUT2D eigenvalue weighted by Crippen LogP contribution is -2.42. The molecule has 1 fully saturated rings. The van der Waals surface area contributed by atoms with Gasteiger partial charge in [0.2, 0.25) is 0 Å². The van der Waals surface area contributed by atoms with Gasteiger partial charge in [-0.25, -0.2) is 0 Å². The van der Waals surface area contributed by atoms with Crippen molar-refractivity contribution in [3.05, 3.63) is 0 Å². The minimum atomic E-state index is -0.103. The minimum Gasteiger partial charge on any atom is -0.469 e. The maximum atomic E-state index is 10.6. The van der Waals surface area contributed by atoms with Gasteiger partial charge in [0.1, 0.15) is 0 Å². The number of esters is 1. The predicted octanol–water partition coefficient (Wildman–Crippen LogP) is 0.301. The van der Waals surface area contributed by atoms with Crippen molar-refractivity contribution >= 4 is 5.97 Å². The van der Waals surface area contributed by atoms with Crippen LogP contribution < -0.4 is 5.32 Å². The molecule has 1 saturated heterocycles. The van der Waals surface area contributed by atoms with Gasteiger partial charge in [-0.05, 0) is 19.4 Å². The van der Waals surface area contributed by atoms with E-state index in [1.807, 2.05) is 0 Å². The molecular formula is C7H13NO2. The van der Waals surface area contributed by atoms with E-state index in [-0.39, 0.29) is 5.97 Å². The second kappa shape index (κ2) is 3.56. The van der Waals surface area contributed by atoms with Crippen molar-refractivity contribution in [1.29, 1.82) is 0 Å². The molecule has 0 spiro atoms. The molecule has 10 heavy (non-hydrogen) atoms. The van der Waals surface area contributed by atoms with E-state index in [4.69, 9.17) is 0 Å². The van der Waals surface area contributed by atoms with Crippen molar-refractivity contribution in [1.82, 2.24) is 5.32 Å². The van der Waals surface area contributed by atoms with Crippen LogP contribution >= 0.6 is 0 Å². The lowest BCUT2D eigenvalue weighted by molar-refractivity contribution is -0.140. The summed E-state index contributed by atoms with van der Waals surface area (Å²) in [5.74, 6) is -0.103.